The number of carbonyl (C=O) groups is 2. The zero-order chi connectivity index (χ0) is 15.6. The van der Waals surface area contributed by atoms with E-state index >= 15 is 0 Å². The first kappa shape index (κ1) is 15.2. The van der Waals surface area contributed by atoms with Crippen molar-refractivity contribution in [2.24, 2.45) is 0 Å². The second kappa shape index (κ2) is 6.07. The largest absolute Gasteiger partial charge is 0.478 e. The van der Waals surface area contributed by atoms with E-state index in [2.05, 4.69) is 0 Å². The molecular formula is C14H16F2N2O3. The summed E-state index contributed by atoms with van der Waals surface area (Å²) in [6, 6.07) is 4.44. The average Bonchev–Trinajstić information content (AvgIpc) is 2.44. The van der Waals surface area contributed by atoms with E-state index in [1.807, 2.05) is 0 Å². The topological polar surface area (TPSA) is 60.9 Å². The van der Waals surface area contributed by atoms with E-state index in [-0.39, 0.29) is 12.1 Å². The monoisotopic (exact) mass is 298 g/mol. The molecule has 0 saturated carbocycles. The van der Waals surface area contributed by atoms with Gasteiger partial charge >= 0.3 is 12.0 Å². The maximum atomic E-state index is 12.3. The van der Waals surface area contributed by atoms with E-state index < -0.39 is 25.0 Å². The van der Waals surface area contributed by atoms with Crippen LogP contribution in [-0.4, -0.2) is 53.5 Å². The minimum absolute atomic E-state index is 0.237. The highest BCUT2D eigenvalue weighted by atomic mass is 19.3. The van der Waals surface area contributed by atoms with Gasteiger partial charge in [-0.1, -0.05) is 12.1 Å². The fourth-order valence-corrected chi connectivity index (χ4v) is 2.50. The predicted molar refractivity (Wildman–Crippen MR) is 71.5 cm³/mol. The maximum Gasteiger partial charge on any atom is 0.335 e. The summed E-state index contributed by atoms with van der Waals surface area (Å²) in [6.45, 7) is -0.0517. The van der Waals surface area contributed by atoms with Crippen molar-refractivity contribution in [2.75, 3.05) is 20.1 Å². The van der Waals surface area contributed by atoms with E-state index in [0.29, 0.717) is 18.5 Å². The van der Waals surface area contributed by atoms with Crippen LogP contribution in [0.5, 0.6) is 0 Å². The van der Waals surface area contributed by atoms with Crippen molar-refractivity contribution >= 4 is 12.0 Å². The van der Waals surface area contributed by atoms with E-state index in [0.717, 1.165) is 10.5 Å². The Morgan fingerprint density at radius 2 is 2.14 bits per heavy atom. The number of carboxylic acids is 1. The van der Waals surface area contributed by atoms with Gasteiger partial charge < -0.3 is 14.9 Å². The standard InChI is InChI=1S/C14H16F2N2O3/c1-17(8-12(15)16)14(21)18-6-5-10-9(7-18)3-2-4-11(10)13(19)20/h2-4,12H,5-8H2,1H3,(H,19,20). The number of halogens is 2. The maximum absolute atomic E-state index is 12.3. The number of aromatic carboxylic acids is 1. The Kier molecular flexibility index (Phi) is 4.40. The minimum Gasteiger partial charge on any atom is -0.478 e. The van der Waals surface area contributed by atoms with Crippen LogP contribution in [0.25, 0.3) is 0 Å². The van der Waals surface area contributed by atoms with Gasteiger partial charge in [-0.15, -0.1) is 0 Å². The van der Waals surface area contributed by atoms with Crippen LogP contribution in [0.1, 0.15) is 21.5 Å². The van der Waals surface area contributed by atoms with Gasteiger partial charge in [-0.2, -0.15) is 0 Å². The normalized spacial score (nSPS) is 14.0. The van der Waals surface area contributed by atoms with Crippen LogP contribution in [0.15, 0.2) is 18.2 Å². The number of benzene rings is 1. The summed E-state index contributed by atoms with van der Waals surface area (Å²) in [5, 5.41) is 9.13. The van der Waals surface area contributed by atoms with Crippen LogP contribution in [0.3, 0.4) is 0 Å². The summed E-state index contributed by atoms with van der Waals surface area (Å²) < 4.78 is 24.6. The minimum atomic E-state index is -2.57. The fourth-order valence-electron chi connectivity index (χ4n) is 2.50. The number of urea groups is 1. The fraction of sp³-hybridized carbons (Fsp3) is 0.429. The Morgan fingerprint density at radius 1 is 1.43 bits per heavy atom. The molecule has 0 aliphatic carbocycles. The van der Waals surface area contributed by atoms with Gasteiger partial charge in [-0.25, -0.2) is 18.4 Å². The zero-order valence-electron chi connectivity index (χ0n) is 11.6. The third kappa shape index (κ3) is 3.29. The Bertz CT molecular complexity index is 563. The van der Waals surface area contributed by atoms with Crippen LogP contribution in [0.4, 0.5) is 13.6 Å². The van der Waals surface area contributed by atoms with E-state index in [1.54, 1.807) is 12.1 Å². The molecule has 2 rings (SSSR count). The summed E-state index contributed by atoms with van der Waals surface area (Å²) in [6.07, 6.45) is -2.17. The highest BCUT2D eigenvalue weighted by Gasteiger charge is 2.26. The molecule has 1 aliphatic heterocycles. The van der Waals surface area contributed by atoms with Crippen LogP contribution >= 0.6 is 0 Å². The van der Waals surface area contributed by atoms with Gasteiger partial charge in [-0.05, 0) is 23.6 Å². The second-order valence-electron chi connectivity index (χ2n) is 4.97. The third-order valence-electron chi connectivity index (χ3n) is 3.51. The van der Waals surface area contributed by atoms with Crippen LogP contribution in [0.2, 0.25) is 0 Å². The van der Waals surface area contributed by atoms with Gasteiger partial charge in [0.15, 0.2) is 0 Å². The molecule has 0 atom stereocenters. The van der Waals surface area contributed by atoms with E-state index in [9.17, 15) is 18.4 Å². The van der Waals surface area contributed by atoms with Crippen molar-refractivity contribution in [3.63, 3.8) is 0 Å². The smallest absolute Gasteiger partial charge is 0.335 e. The zero-order valence-corrected chi connectivity index (χ0v) is 11.6. The summed E-state index contributed by atoms with van der Waals surface area (Å²) >= 11 is 0. The van der Waals surface area contributed by atoms with Crippen LogP contribution < -0.4 is 0 Å². The molecule has 2 amide bonds. The Balaban J connectivity index is 2.15. The molecule has 1 aliphatic rings. The van der Waals surface area contributed by atoms with Crippen molar-refractivity contribution in [1.29, 1.82) is 0 Å². The molecule has 21 heavy (non-hydrogen) atoms. The molecule has 0 saturated heterocycles. The second-order valence-corrected chi connectivity index (χ2v) is 4.97. The van der Waals surface area contributed by atoms with Gasteiger partial charge in [0.2, 0.25) is 0 Å². The number of hydrogen-bond acceptors (Lipinski definition) is 2. The average molecular weight is 298 g/mol. The number of fused-ring (bicyclic) bond motifs is 1. The number of rotatable bonds is 3. The van der Waals surface area contributed by atoms with Gasteiger partial charge in [0, 0.05) is 20.1 Å². The Hall–Kier alpha value is -2.18. The molecule has 0 aromatic heterocycles. The van der Waals surface area contributed by atoms with E-state index in [1.165, 1.54) is 18.0 Å². The van der Waals surface area contributed by atoms with Crippen molar-refractivity contribution in [2.45, 2.75) is 19.4 Å². The number of carboxylic acid groups (broad SMARTS) is 1. The highest BCUT2D eigenvalue weighted by Crippen LogP contribution is 2.23. The van der Waals surface area contributed by atoms with Gasteiger partial charge in [0.05, 0.1) is 12.1 Å². The number of nitrogens with zero attached hydrogens (tertiary/aromatic N) is 2. The number of amides is 2. The molecule has 114 valence electrons. The molecule has 1 aromatic carbocycles. The van der Waals surface area contributed by atoms with E-state index in [4.69, 9.17) is 5.11 Å². The summed E-state index contributed by atoms with van der Waals surface area (Å²) in [5.41, 5.74) is 1.70. The Labute approximate surface area is 120 Å². The Morgan fingerprint density at radius 3 is 2.76 bits per heavy atom. The predicted octanol–water partition coefficient (Wildman–Crippen LogP) is 2.06. The summed E-state index contributed by atoms with van der Waals surface area (Å²) in [4.78, 5) is 25.6. The van der Waals surface area contributed by atoms with Crippen molar-refractivity contribution in [1.82, 2.24) is 9.80 Å². The summed E-state index contributed by atoms with van der Waals surface area (Å²) in [7, 11) is 1.33. The molecule has 0 fully saturated rings. The molecule has 0 bridgehead atoms. The molecule has 0 spiro atoms. The first-order valence-corrected chi connectivity index (χ1v) is 6.52. The summed E-state index contributed by atoms with van der Waals surface area (Å²) in [5.74, 6) is -0.999. The molecular weight excluding hydrogens is 282 g/mol. The molecule has 5 nitrogen and oxygen atoms in total. The van der Waals surface area contributed by atoms with Crippen LogP contribution in [0, 0.1) is 0 Å². The highest BCUT2D eigenvalue weighted by molar-refractivity contribution is 5.90. The molecule has 1 N–H and O–H groups in total. The number of alkyl halides is 2. The van der Waals surface area contributed by atoms with Gasteiger partial charge in [0.1, 0.15) is 0 Å². The lowest BCUT2D eigenvalue weighted by Gasteiger charge is -2.32. The quantitative estimate of drug-likeness (QED) is 0.929. The lowest BCUT2D eigenvalue weighted by molar-refractivity contribution is 0.0694. The molecule has 1 aromatic rings. The lowest BCUT2D eigenvalue weighted by Crippen LogP contribution is -2.45. The van der Waals surface area contributed by atoms with Crippen molar-refractivity contribution in [3.05, 3.63) is 34.9 Å². The molecule has 0 radical (unpaired) electrons. The van der Waals surface area contributed by atoms with Gasteiger partial charge in [0.25, 0.3) is 6.43 Å². The lowest BCUT2D eigenvalue weighted by atomic mass is 9.94. The molecule has 1 heterocycles. The number of carbonyl (C=O) groups excluding carboxylic acids is 1. The molecule has 7 heteroatoms. The SMILES string of the molecule is CN(CC(F)F)C(=O)N1CCc2c(cccc2C(=O)O)C1. The molecule has 0 unspecified atom stereocenters. The van der Waals surface area contributed by atoms with Crippen molar-refractivity contribution in [3.8, 4) is 0 Å². The van der Waals surface area contributed by atoms with Gasteiger partial charge in [-0.3, -0.25) is 0 Å². The first-order chi connectivity index (χ1) is 9.90. The first-order valence-electron chi connectivity index (χ1n) is 6.52. The van der Waals surface area contributed by atoms with Crippen molar-refractivity contribution < 1.29 is 23.5 Å². The third-order valence-corrected chi connectivity index (χ3v) is 3.51. The number of hydrogen-bond donors (Lipinski definition) is 1. The van der Waals surface area contributed by atoms with Crippen LogP contribution in [-0.2, 0) is 13.0 Å².